The van der Waals surface area contributed by atoms with Crippen LogP contribution in [0.1, 0.15) is 36.1 Å². The van der Waals surface area contributed by atoms with Gasteiger partial charge in [-0.25, -0.2) is 14.4 Å². The molecule has 6 heteroatoms. The van der Waals surface area contributed by atoms with Crippen molar-refractivity contribution in [3.05, 3.63) is 53.2 Å². The first-order valence-corrected chi connectivity index (χ1v) is 11.0. The van der Waals surface area contributed by atoms with E-state index in [9.17, 15) is 4.39 Å². The van der Waals surface area contributed by atoms with Gasteiger partial charge in [-0.15, -0.1) is 0 Å². The molecular weight excluding hydrogens is 365 g/mol. The van der Waals surface area contributed by atoms with Crippen molar-refractivity contribution >= 4 is 5.82 Å². The van der Waals surface area contributed by atoms with Gasteiger partial charge in [0.15, 0.2) is 0 Å². The van der Waals surface area contributed by atoms with Crippen LogP contribution in [0, 0.1) is 5.82 Å². The predicted molar refractivity (Wildman–Crippen MR) is 113 cm³/mol. The molecule has 1 aromatic heterocycles. The van der Waals surface area contributed by atoms with Crippen molar-refractivity contribution in [1.29, 1.82) is 0 Å². The summed E-state index contributed by atoms with van der Waals surface area (Å²) in [6, 6.07) is 7.71. The molecule has 1 aliphatic carbocycles. The molecule has 1 aromatic carbocycles. The minimum absolute atomic E-state index is 0.172. The van der Waals surface area contributed by atoms with Gasteiger partial charge in [-0.1, -0.05) is 18.6 Å². The van der Waals surface area contributed by atoms with Crippen LogP contribution in [-0.4, -0.2) is 65.1 Å². The number of nitrogens with zero attached hydrogens (tertiary/aromatic N) is 5. The molecule has 0 spiro atoms. The Hall–Kier alpha value is -2.05. The third-order valence-electron chi connectivity index (χ3n) is 6.88. The summed E-state index contributed by atoms with van der Waals surface area (Å²) < 4.78 is 13.2. The SMILES string of the molecule is Fc1ccc(CN2CCc3ncnc(N4CCN(C5CCC5)CC4)c3CC2)cc1. The fourth-order valence-corrected chi connectivity index (χ4v) is 4.88. The van der Waals surface area contributed by atoms with Gasteiger partial charge < -0.3 is 4.90 Å². The number of hydrogen-bond acceptors (Lipinski definition) is 5. The van der Waals surface area contributed by atoms with Crippen LogP contribution in [0.15, 0.2) is 30.6 Å². The van der Waals surface area contributed by atoms with Crippen molar-refractivity contribution < 1.29 is 4.39 Å². The molecule has 3 aliphatic rings. The zero-order chi connectivity index (χ0) is 19.6. The zero-order valence-electron chi connectivity index (χ0n) is 17.1. The van der Waals surface area contributed by atoms with Crippen molar-refractivity contribution in [3.8, 4) is 0 Å². The number of rotatable bonds is 4. The number of fused-ring (bicyclic) bond motifs is 1. The van der Waals surface area contributed by atoms with Gasteiger partial charge in [0.25, 0.3) is 0 Å². The lowest BCUT2D eigenvalue weighted by Crippen LogP contribution is -2.52. The molecule has 5 rings (SSSR count). The molecule has 0 radical (unpaired) electrons. The fourth-order valence-electron chi connectivity index (χ4n) is 4.88. The monoisotopic (exact) mass is 395 g/mol. The standard InChI is InChI=1S/C23H30FN5/c24-19-6-4-18(5-7-19)16-27-10-8-21-22(9-11-27)25-17-26-23(21)29-14-12-28(13-15-29)20-2-1-3-20/h4-7,17,20H,1-3,8-16H2. The molecule has 154 valence electrons. The Morgan fingerprint density at radius 3 is 2.38 bits per heavy atom. The first-order valence-electron chi connectivity index (χ1n) is 11.0. The summed E-state index contributed by atoms with van der Waals surface area (Å²) in [6.07, 6.45) is 7.85. The van der Waals surface area contributed by atoms with Gasteiger partial charge in [0.2, 0.25) is 0 Å². The Balaban J connectivity index is 1.25. The average molecular weight is 396 g/mol. The van der Waals surface area contributed by atoms with E-state index in [0.717, 1.165) is 76.1 Å². The van der Waals surface area contributed by atoms with E-state index in [0.29, 0.717) is 0 Å². The highest BCUT2D eigenvalue weighted by Gasteiger charge is 2.29. The van der Waals surface area contributed by atoms with Crippen molar-refractivity contribution in [2.24, 2.45) is 0 Å². The third-order valence-corrected chi connectivity index (χ3v) is 6.88. The molecule has 0 bridgehead atoms. The van der Waals surface area contributed by atoms with Crippen LogP contribution < -0.4 is 4.90 Å². The van der Waals surface area contributed by atoms with Crippen LogP contribution in [0.3, 0.4) is 0 Å². The molecule has 5 nitrogen and oxygen atoms in total. The fraction of sp³-hybridized carbons (Fsp3) is 0.565. The quantitative estimate of drug-likeness (QED) is 0.796. The summed E-state index contributed by atoms with van der Waals surface area (Å²) in [7, 11) is 0. The summed E-state index contributed by atoms with van der Waals surface area (Å²) in [6.45, 7) is 7.28. The number of hydrogen-bond donors (Lipinski definition) is 0. The zero-order valence-corrected chi connectivity index (χ0v) is 17.1. The second-order valence-electron chi connectivity index (χ2n) is 8.63. The maximum absolute atomic E-state index is 13.2. The lowest BCUT2D eigenvalue weighted by molar-refractivity contribution is 0.120. The minimum atomic E-state index is -0.172. The second-order valence-corrected chi connectivity index (χ2v) is 8.63. The highest BCUT2D eigenvalue weighted by molar-refractivity contribution is 5.50. The van der Waals surface area contributed by atoms with Crippen molar-refractivity contribution in [1.82, 2.24) is 19.8 Å². The molecule has 2 fully saturated rings. The summed E-state index contributed by atoms with van der Waals surface area (Å²) in [5, 5.41) is 0. The van der Waals surface area contributed by atoms with E-state index in [4.69, 9.17) is 4.98 Å². The number of halogens is 1. The Morgan fingerprint density at radius 2 is 1.66 bits per heavy atom. The van der Waals surface area contributed by atoms with Crippen LogP contribution in [0.25, 0.3) is 0 Å². The van der Waals surface area contributed by atoms with Crippen LogP contribution in [0.5, 0.6) is 0 Å². The molecule has 1 saturated heterocycles. The summed E-state index contributed by atoms with van der Waals surface area (Å²) >= 11 is 0. The van der Waals surface area contributed by atoms with Gasteiger partial charge in [-0.05, 0) is 37.0 Å². The number of anilines is 1. The van der Waals surface area contributed by atoms with Gasteiger partial charge >= 0.3 is 0 Å². The smallest absolute Gasteiger partial charge is 0.135 e. The van der Waals surface area contributed by atoms with Gasteiger partial charge in [-0.2, -0.15) is 0 Å². The number of aromatic nitrogens is 2. The van der Waals surface area contributed by atoms with E-state index in [-0.39, 0.29) is 5.82 Å². The molecule has 2 aromatic rings. The molecular formula is C23H30FN5. The molecule has 0 atom stereocenters. The molecule has 3 heterocycles. The lowest BCUT2D eigenvalue weighted by atomic mass is 9.91. The predicted octanol–water partition coefficient (Wildman–Crippen LogP) is 2.89. The van der Waals surface area contributed by atoms with Crippen LogP contribution >= 0.6 is 0 Å². The van der Waals surface area contributed by atoms with Crippen LogP contribution in [-0.2, 0) is 19.4 Å². The van der Waals surface area contributed by atoms with Gasteiger partial charge in [0.05, 0.1) is 5.69 Å². The highest BCUT2D eigenvalue weighted by Crippen LogP contribution is 2.28. The molecule has 0 N–H and O–H groups in total. The van der Waals surface area contributed by atoms with Crippen molar-refractivity contribution in [2.45, 2.75) is 44.7 Å². The molecule has 29 heavy (non-hydrogen) atoms. The van der Waals surface area contributed by atoms with E-state index in [2.05, 4.69) is 19.7 Å². The number of piperazine rings is 1. The maximum atomic E-state index is 13.2. The topological polar surface area (TPSA) is 35.5 Å². The second kappa shape index (κ2) is 8.36. The van der Waals surface area contributed by atoms with E-state index < -0.39 is 0 Å². The third kappa shape index (κ3) is 4.14. The minimum Gasteiger partial charge on any atom is -0.354 e. The summed E-state index contributed by atoms with van der Waals surface area (Å²) in [5.74, 6) is 0.987. The summed E-state index contributed by atoms with van der Waals surface area (Å²) in [4.78, 5) is 16.9. The van der Waals surface area contributed by atoms with E-state index in [1.165, 1.54) is 30.5 Å². The normalized spacial score (nSPS) is 21.5. The average Bonchev–Trinajstić information content (AvgIpc) is 2.92. The molecule has 1 saturated carbocycles. The lowest BCUT2D eigenvalue weighted by Gasteiger charge is -2.43. The first-order chi connectivity index (χ1) is 14.3. The maximum Gasteiger partial charge on any atom is 0.135 e. The van der Waals surface area contributed by atoms with E-state index in [1.807, 2.05) is 12.1 Å². The highest BCUT2D eigenvalue weighted by atomic mass is 19.1. The Morgan fingerprint density at radius 1 is 0.897 bits per heavy atom. The van der Waals surface area contributed by atoms with Gasteiger partial charge in [0.1, 0.15) is 18.0 Å². The van der Waals surface area contributed by atoms with Gasteiger partial charge in [0, 0.05) is 63.8 Å². The number of benzene rings is 1. The van der Waals surface area contributed by atoms with Crippen molar-refractivity contribution in [2.75, 3.05) is 44.2 Å². The largest absolute Gasteiger partial charge is 0.354 e. The molecule has 0 unspecified atom stereocenters. The van der Waals surface area contributed by atoms with Crippen molar-refractivity contribution in [3.63, 3.8) is 0 Å². The molecule has 2 aliphatic heterocycles. The van der Waals surface area contributed by atoms with Crippen LogP contribution in [0.2, 0.25) is 0 Å². The van der Waals surface area contributed by atoms with E-state index >= 15 is 0 Å². The Bertz CT molecular complexity index is 828. The van der Waals surface area contributed by atoms with Gasteiger partial charge in [-0.3, -0.25) is 9.80 Å². The first kappa shape index (κ1) is 18.9. The van der Waals surface area contributed by atoms with E-state index in [1.54, 1.807) is 18.5 Å². The Labute approximate surface area is 172 Å². The van der Waals surface area contributed by atoms with Crippen LogP contribution in [0.4, 0.5) is 10.2 Å². The summed E-state index contributed by atoms with van der Waals surface area (Å²) in [5.41, 5.74) is 3.71. The Kier molecular flexibility index (Phi) is 5.46. The molecule has 0 amide bonds.